The summed E-state index contributed by atoms with van der Waals surface area (Å²) in [6, 6.07) is 0. The summed E-state index contributed by atoms with van der Waals surface area (Å²) >= 11 is 0. The van der Waals surface area contributed by atoms with E-state index in [0.29, 0.717) is 11.3 Å². The summed E-state index contributed by atoms with van der Waals surface area (Å²) in [6.45, 7) is 6.98. The second-order valence-corrected chi connectivity index (χ2v) is 3.99. The zero-order valence-electron chi connectivity index (χ0n) is 7.30. The van der Waals surface area contributed by atoms with E-state index < -0.39 is 0 Å². The van der Waals surface area contributed by atoms with E-state index in [2.05, 4.69) is 13.8 Å². The monoisotopic (exact) mass is 179 g/mol. The van der Waals surface area contributed by atoms with Crippen molar-refractivity contribution in [2.45, 2.75) is 20.3 Å². The Bertz CT molecular complexity index is 117. The van der Waals surface area contributed by atoms with E-state index in [1.807, 2.05) is 0 Å². The molecule has 0 aromatic carbocycles. The molecule has 0 aliphatic carbocycles. The van der Waals surface area contributed by atoms with Crippen LogP contribution < -0.4 is 5.73 Å². The van der Waals surface area contributed by atoms with Crippen molar-refractivity contribution in [1.29, 1.82) is 0 Å². The van der Waals surface area contributed by atoms with Crippen LogP contribution in [0.5, 0.6) is 0 Å². The van der Waals surface area contributed by atoms with Crippen molar-refractivity contribution >= 4 is 12.4 Å². The van der Waals surface area contributed by atoms with Crippen LogP contribution in [-0.4, -0.2) is 19.8 Å². The number of halogens is 1. The standard InChI is InChI=1S/C8H17NO.ClH/c1-8(2)3-7(4-9)5-10-6-8;/h7H,3-6,9H2,1-2H3;1H. The predicted molar refractivity (Wildman–Crippen MR) is 49.0 cm³/mol. The highest BCUT2D eigenvalue weighted by molar-refractivity contribution is 5.85. The van der Waals surface area contributed by atoms with Crippen molar-refractivity contribution in [2.75, 3.05) is 19.8 Å². The highest BCUT2D eigenvalue weighted by Gasteiger charge is 2.27. The van der Waals surface area contributed by atoms with Gasteiger partial charge in [0, 0.05) is 0 Å². The highest BCUT2D eigenvalue weighted by Crippen LogP contribution is 2.29. The lowest BCUT2D eigenvalue weighted by Crippen LogP contribution is -2.35. The molecule has 1 atom stereocenters. The SMILES string of the molecule is CC1(C)COCC(CN)C1.Cl. The van der Waals surface area contributed by atoms with Crippen molar-refractivity contribution in [1.82, 2.24) is 0 Å². The lowest BCUT2D eigenvalue weighted by molar-refractivity contribution is -0.0215. The molecule has 1 rings (SSSR count). The molecule has 1 saturated heterocycles. The smallest absolute Gasteiger partial charge is 0.0517 e. The molecular weight excluding hydrogens is 162 g/mol. The van der Waals surface area contributed by atoms with Crippen molar-refractivity contribution in [3.05, 3.63) is 0 Å². The van der Waals surface area contributed by atoms with Gasteiger partial charge in [-0.2, -0.15) is 0 Å². The average Bonchev–Trinajstić information content (AvgIpc) is 1.86. The van der Waals surface area contributed by atoms with Crippen LogP contribution in [0.3, 0.4) is 0 Å². The van der Waals surface area contributed by atoms with Crippen LogP contribution >= 0.6 is 12.4 Å². The van der Waals surface area contributed by atoms with Crippen LogP contribution in [0.2, 0.25) is 0 Å². The first-order valence-corrected chi connectivity index (χ1v) is 3.92. The van der Waals surface area contributed by atoms with E-state index in [4.69, 9.17) is 10.5 Å². The first-order chi connectivity index (χ1) is 4.64. The Morgan fingerprint density at radius 2 is 2.18 bits per heavy atom. The van der Waals surface area contributed by atoms with Crippen molar-refractivity contribution in [3.8, 4) is 0 Å². The van der Waals surface area contributed by atoms with E-state index in [-0.39, 0.29) is 12.4 Å². The van der Waals surface area contributed by atoms with Gasteiger partial charge in [-0.05, 0) is 24.3 Å². The molecule has 1 aliphatic rings. The third-order valence-corrected chi connectivity index (χ3v) is 2.02. The quantitative estimate of drug-likeness (QED) is 0.661. The molecule has 1 fully saturated rings. The van der Waals surface area contributed by atoms with Gasteiger partial charge in [-0.3, -0.25) is 0 Å². The van der Waals surface area contributed by atoms with Gasteiger partial charge in [-0.25, -0.2) is 0 Å². The molecule has 0 amide bonds. The molecular formula is C8H18ClNO. The average molecular weight is 180 g/mol. The van der Waals surface area contributed by atoms with Crippen LogP contribution in [0.4, 0.5) is 0 Å². The van der Waals surface area contributed by atoms with E-state index in [1.165, 1.54) is 6.42 Å². The number of rotatable bonds is 1. The summed E-state index contributed by atoms with van der Waals surface area (Å²) in [5, 5.41) is 0. The maximum absolute atomic E-state index is 5.54. The molecule has 68 valence electrons. The number of hydrogen-bond donors (Lipinski definition) is 1. The molecule has 0 radical (unpaired) electrons. The van der Waals surface area contributed by atoms with Crippen LogP contribution in [0.15, 0.2) is 0 Å². The van der Waals surface area contributed by atoms with Gasteiger partial charge in [0.15, 0.2) is 0 Å². The molecule has 2 nitrogen and oxygen atoms in total. The van der Waals surface area contributed by atoms with Gasteiger partial charge in [-0.1, -0.05) is 13.8 Å². The van der Waals surface area contributed by atoms with E-state index in [0.717, 1.165) is 19.8 Å². The van der Waals surface area contributed by atoms with Crippen LogP contribution in [0.25, 0.3) is 0 Å². The summed E-state index contributed by atoms with van der Waals surface area (Å²) in [5.74, 6) is 0.587. The molecule has 3 heteroatoms. The first-order valence-electron chi connectivity index (χ1n) is 3.92. The van der Waals surface area contributed by atoms with Gasteiger partial charge in [0.25, 0.3) is 0 Å². The molecule has 1 unspecified atom stereocenters. The third-order valence-electron chi connectivity index (χ3n) is 2.02. The molecule has 0 spiro atoms. The summed E-state index contributed by atoms with van der Waals surface area (Å²) < 4.78 is 5.41. The zero-order valence-corrected chi connectivity index (χ0v) is 8.12. The zero-order chi connectivity index (χ0) is 7.61. The summed E-state index contributed by atoms with van der Waals surface area (Å²) in [7, 11) is 0. The predicted octanol–water partition coefficient (Wildman–Crippen LogP) is 1.43. The minimum Gasteiger partial charge on any atom is -0.381 e. The molecule has 0 bridgehead atoms. The van der Waals surface area contributed by atoms with Gasteiger partial charge in [0.1, 0.15) is 0 Å². The second-order valence-electron chi connectivity index (χ2n) is 3.99. The van der Waals surface area contributed by atoms with Gasteiger partial charge in [0.2, 0.25) is 0 Å². The summed E-state index contributed by atoms with van der Waals surface area (Å²) in [6.07, 6.45) is 1.21. The number of ether oxygens (including phenoxy) is 1. The Kier molecular flexibility index (Phi) is 4.37. The van der Waals surface area contributed by atoms with E-state index >= 15 is 0 Å². The van der Waals surface area contributed by atoms with Crippen LogP contribution in [-0.2, 0) is 4.74 Å². The third kappa shape index (κ3) is 3.41. The topological polar surface area (TPSA) is 35.2 Å². The molecule has 0 aromatic rings. The molecule has 0 aromatic heterocycles. The van der Waals surface area contributed by atoms with E-state index in [9.17, 15) is 0 Å². The van der Waals surface area contributed by atoms with Gasteiger partial charge in [0.05, 0.1) is 13.2 Å². The molecule has 1 aliphatic heterocycles. The van der Waals surface area contributed by atoms with Crippen molar-refractivity contribution in [3.63, 3.8) is 0 Å². The van der Waals surface area contributed by atoms with Crippen molar-refractivity contribution in [2.24, 2.45) is 17.1 Å². The van der Waals surface area contributed by atoms with Crippen LogP contribution in [0, 0.1) is 11.3 Å². The summed E-state index contributed by atoms with van der Waals surface area (Å²) in [5.41, 5.74) is 5.89. The maximum atomic E-state index is 5.54. The Morgan fingerprint density at radius 3 is 2.55 bits per heavy atom. The Balaban J connectivity index is 0.000001000. The second kappa shape index (κ2) is 4.29. The fourth-order valence-corrected chi connectivity index (χ4v) is 1.55. The highest BCUT2D eigenvalue weighted by atomic mass is 35.5. The minimum absolute atomic E-state index is 0. The Labute approximate surface area is 74.9 Å². The Hall–Kier alpha value is 0.210. The Morgan fingerprint density at radius 1 is 1.55 bits per heavy atom. The molecule has 2 N–H and O–H groups in total. The van der Waals surface area contributed by atoms with Gasteiger partial charge >= 0.3 is 0 Å². The largest absolute Gasteiger partial charge is 0.381 e. The van der Waals surface area contributed by atoms with Crippen molar-refractivity contribution < 1.29 is 4.74 Å². The van der Waals surface area contributed by atoms with Gasteiger partial charge < -0.3 is 10.5 Å². The fraction of sp³-hybridized carbons (Fsp3) is 1.00. The maximum Gasteiger partial charge on any atom is 0.0517 e. The first kappa shape index (κ1) is 11.2. The lowest BCUT2D eigenvalue weighted by atomic mass is 9.82. The minimum atomic E-state index is 0. The van der Waals surface area contributed by atoms with Crippen LogP contribution in [0.1, 0.15) is 20.3 Å². The van der Waals surface area contributed by atoms with E-state index in [1.54, 1.807) is 0 Å². The number of nitrogens with two attached hydrogens (primary N) is 1. The lowest BCUT2D eigenvalue weighted by Gasteiger charge is -2.34. The molecule has 11 heavy (non-hydrogen) atoms. The summed E-state index contributed by atoms with van der Waals surface area (Å²) in [4.78, 5) is 0. The molecule has 0 saturated carbocycles. The van der Waals surface area contributed by atoms with Gasteiger partial charge in [-0.15, -0.1) is 12.4 Å². The molecule has 1 heterocycles. The fourth-order valence-electron chi connectivity index (χ4n) is 1.55. The number of hydrogen-bond acceptors (Lipinski definition) is 2. The normalized spacial score (nSPS) is 29.2.